The summed E-state index contributed by atoms with van der Waals surface area (Å²) >= 11 is 6.00. The Morgan fingerprint density at radius 1 is 1.24 bits per heavy atom. The van der Waals surface area contributed by atoms with Gasteiger partial charge in [-0.15, -0.1) is 0 Å². The summed E-state index contributed by atoms with van der Waals surface area (Å²) in [6, 6.07) is 13.2. The average Bonchev–Trinajstić information content (AvgIpc) is 2.53. The second kappa shape index (κ2) is 6.19. The largest absolute Gasteiger partial charge is 0.493 e. The Morgan fingerprint density at radius 2 is 2.10 bits per heavy atom. The molecule has 0 fully saturated rings. The fraction of sp³-hybridized carbons (Fsp3) is 0.235. The van der Waals surface area contributed by atoms with Gasteiger partial charge in [-0.3, -0.25) is 4.79 Å². The Bertz CT molecular complexity index is 654. The smallest absolute Gasteiger partial charge is 0.155 e. The molecule has 3 nitrogen and oxygen atoms in total. The molecule has 0 N–H and O–H groups in total. The molecule has 1 aliphatic heterocycles. The Labute approximate surface area is 128 Å². The summed E-state index contributed by atoms with van der Waals surface area (Å²) in [6.45, 7) is 1.18. The topological polar surface area (TPSA) is 35.5 Å². The number of hydrogen-bond acceptors (Lipinski definition) is 3. The minimum absolute atomic E-state index is 0.258. The third kappa shape index (κ3) is 2.88. The van der Waals surface area contributed by atoms with Crippen molar-refractivity contribution >= 4 is 17.9 Å². The first kappa shape index (κ1) is 14.0. The lowest BCUT2D eigenvalue weighted by atomic mass is 9.94. The van der Waals surface area contributed by atoms with Crippen molar-refractivity contribution in [2.45, 2.75) is 12.3 Å². The van der Waals surface area contributed by atoms with Crippen LogP contribution in [0.5, 0.6) is 11.5 Å². The SMILES string of the molecule is O=Cc1c(Cl)cccc1OCC1CCOc2ccccc21. The van der Waals surface area contributed by atoms with Crippen molar-refractivity contribution in [3.05, 3.63) is 58.6 Å². The lowest BCUT2D eigenvalue weighted by Gasteiger charge is -2.26. The van der Waals surface area contributed by atoms with Gasteiger partial charge in [-0.25, -0.2) is 0 Å². The number of aldehydes is 1. The number of fused-ring (bicyclic) bond motifs is 1. The highest BCUT2D eigenvalue weighted by Crippen LogP contribution is 2.34. The molecule has 108 valence electrons. The summed E-state index contributed by atoms with van der Waals surface area (Å²) in [5, 5.41) is 0.412. The van der Waals surface area contributed by atoms with Crippen molar-refractivity contribution in [3.8, 4) is 11.5 Å². The number of halogens is 1. The van der Waals surface area contributed by atoms with E-state index in [1.165, 1.54) is 0 Å². The van der Waals surface area contributed by atoms with Crippen LogP contribution in [0.2, 0.25) is 5.02 Å². The molecule has 4 heteroatoms. The monoisotopic (exact) mass is 302 g/mol. The van der Waals surface area contributed by atoms with Gasteiger partial charge in [-0.05, 0) is 24.6 Å². The number of para-hydroxylation sites is 1. The van der Waals surface area contributed by atoms with E-state index in [0.29, 0.717) is 29.5 Å². The molecular weight excluding hydrogens is 288 g/mol. The standard InChI is InChI=1S/C17H15ClO3/c18-15-5-3-7-17(14(15)10-19)21-11-12-8-9-20-16-6-2-1-4-13(12)16/h1-7,10,12H,8-9,11H2. The van der Waals surface area contributed by atoms with Gasteiger partial charge in [0.25, 0.3) is 0 Å². The van der Waals surface area contributed by atoms with Gasteiger partial charge in [-0.2, -0.15) is 0 Å². The summed E-state index contributed by atoms with van der Waals surface area (Å²) in [6.07, 6.45) is 1.63. The number of ether oxygens (including phenoxy) is 2. The average molecular weight is 303 g/mol. The second-order valence-corrected chi connectivity index (χ2v) is 5.36. The van der Waals surface area contributed by atoms with Gasteiger partial charge < -0.3 is 9.47 Å². The molecule has 1 heterocycles. The molecule has 0 amide bonds. The van der Waals surface area contributed by atoms with Crippen molar-refractivity contribution in [1.82, 2.24) is 0 Å². The summed E-state index contributed by atoms with van der Waals surface area (Å²) < 4.78 is 11.5. The number of benzene rings is 2. The molecule has 1 aliphatic rings. The molecule has 2 aromatic rings. The molecule has 1 atom stereocenters. The lowest BCUT2D eigenvalue weighted by Crippen LogP contribution is -2.19. The number of rotatable bonds is 4. The summed E-state index contributed by atoms with van der Waals surface area (Å²) in [5.41, 5.74) is 1.55. The van der Waals surface area contributed by atoms with Crippen LogP contribution >= 0.6 is 11.6 Å². The maximum Gasteiger partial charge on any atom is 0.155 e. The van der Waals surface area contributed by atoms with Gasteiger partial charge >= 0.3 is 0 Å². The first-order chi connectivity index (χ1) is 10.3. The minimum atomic E-state index is 0.258. The third-order valence-electron chi connectivity index (χ3n) is 3.65. The fourth-order valence-corrected chi connectivity index (χ4v) is 2.75. The summed E-state index contributed by atoms with van der Waals surface area (Å²) in [7, 11) is 0. The van der Waals surface area contributed by atoms with Crippen molar-refractivity contribution < 1.29 is 14.3 Å². The van der Waals surface area contributed by atoms with Gasteiger partial charge in [0.05, 0.1) is 23.8 Å². The zero-order valence-corrected chi connectivity index (χ0v) is 12.2. The van der Waals surface area contributed by atoms with Crippen LogP contribution in [-0.2, 0) is 0 Å². The molecule has 21 heavy (non-hydrogen) atoms. The predicted octanol–water partition coefficient (Wildman–Crippen LogP) is 4.10. The maximum absolute atomic E-state index is 11.1. The molecule has 1 unspecified atom stereocenters. The van der Waals surface area contributed by atoms with Crippen LogP contribution in [0.3, 0.4) is 0 Å². The van der Waals surface area contributed by atoms with Gasteiger partial charge in [0, 0.05) is 11.5 Å². The number of carbonyl (C=O) groups is 1. The van der Waals surface area contributed by atoms with E-state index in [-0.39, 0.29) is 5.92 Å². The van der Waals surface area contributed by atoms with E-state index < -0.39 is 0 Å². The molecule has 0 radical (unpaired) electrons. The van der Waals surface area contributed by atoms with Gasteiger partial charge in [0.2, 0.25) is 0 Å². The van der Waals surface area contributed by atoms with E-state index >= 15 is 0 Å². The molecule has 0 saturated heterocycles. The van der Waals surface area contributed by atoms with Crippen LogP contribution in [-0.4, -0.2) is 19.5 Å². The van der Waals surface area contributed by atoms with Crippen molar-refractivity contribution in [1.29, 1.82) is 0 Å². The number of hydrogen-bond donors (Lipinski definition) is 0. The van der Waals surface area contributed by atoms with Crippen molar-refractivity contribution in [2.24, 2.45) is 0 Å². The number of carbonyl (C=O) groups excluding carboxylic acids is 1. The second-order valence-electron chi connectivity index (χ2n) is 4.95. The lowest BCUT2D eigenvalue weighted by molar-refractivity contribution is 0.111. The van der Waals surface area contributed by atoms with Crippen LogP contribution in [0.1, 0.15) is 28.3 Å². The van der Waals surface area contributed by atoms with Crippen LogP contribution < -0.4 is 9.47 Å². The fourth-order valence-electron chi connectivity index (χ4n) is 2.54. The van der Waals surface area contributed by atoms with Crippen molar-refractivity contribution in [2.75, 3.05) is 13.2 Å². The first-order valence-electron chi connectivity index (χ1n) is 6.88. The maximum atomic E-state index is 11.1. The van der Waals surface area contributed by atoms with E-state index in [0.717, 1.165) is 24.0 Å². The molecule has 3 rings (SSSR count). The summed E-state index contributed by atoms with van der Waals surface area (Å²) in [4.78, 5) is 11.1. The van der Waals surface area contributed by atoms with E-state index in [9.17, 15) is 4.79 Å². The Hall–Kier alpha value is -2.00. The molecule has 0 saturated carbocycles. The van der Waals surface area contributed by atoms with Crippen LogP contribution in [0, 0.1) is 0 Å². The highest BCUT2D eigenvalue weighted by atomic mass is 35.5. The quantitative estimate of drug-likeness (QED) is 0.798. The molecular formula is C17H15ClO3. The Balaban J connectivity index is 1.78. The molecule has 2 aromatic carbocycles. The first-order valence-corrected chi connectivity index (χ1v) is 7.25. The zero-order valence-electron chi connectivity index (χ0n) is 11.4. The molecule has 0 aromatic heterocycles. The third-order valence-corrected chi connectivity index (χ3v) is 3.98. The van der Waals surface area contributed by atoms with E-state index in [4.69, 9.17) is 21.1 Å². The highest BCUT2D eigenvalue weighted by molar-refractivity contribution is 6.33. The molecule has 0 spiro atoms. The molecule has 0 aliphatic carbocycles. The molecule has 0 bridgehead atoms. The Kier molecular flexibility index (Phi) is 4.11. The van der Waals surface area contributed by atoms with Crippen LogP contribution in [0.15, 0.2) is 42.5 Å². The van der Waals surface area contributed by atoms with Gasteiger partial charge in [0.1, 0.15) is 11.5 Å². The highest BCUT2D eigenvalue weighted by Gasteiger charge is 2.22. The van der Waals surface area contributed by atoms with Crippen molar-refractivity contribution in [3.63, 3.8) is 0 Å². The minimum Gasteiger partial charge on any atom is -0.493 e. The Morgan fingerprint density at radius 3 is 2.95 bits per heavy atom. The van der Waals surface area contributed by atoms with Crippen LogP contribution in [0.25, 0.3) is 0 Å². The van der Waals surface area contributed by atoms with E-state index in [2.05, 4.69) is 6.07 Å². The predicted molar refractivity (Wildman–Crippen MR) is 81.6 cm³/mol. The zero-order chi connectivity index (χ0) is 14.7. The van der Waals surface area contributed by atoms with E-state index in [1.807, 2.05) is 18.2 Å². The summed E-state index contributed by atoms with van der Waals surface area (Å²) in [5.74, 6) is 1.70. The van der Waals surface area contributed by atoms with Crippen LogP contribution in [0.4, 0.5) is 0 Å². The normalized spacial score (nSPS) is 16.7. The van der Waals surface area contributed by atoms with Gasteiger partial charge in [-0.1, -0.05) is 35.9 Å². The van der Waals surface area contributed by atoms with Gasteiger partial charge in [0.15, 0.2) is 6.29 Å². The van der Waals surface area contributed by atoms with E-state index in [1.54, 1.807) is 18.2 Å².